The summed E-state index contributed by atoms with van der Waals surface area (Å²) in [7, 11) is 0. The number of benzene rings is 1. The van der Waals surface area contributed by atoms with Crippen LogP contribution in [-0.2, 0) is 4.74 Å². The number of nitrogens with zero attached hydrogens (tertiary/aromatic N) is 2. The maximum Gasteiger partial charge on any atom is 0.172 e. The van der Waals surface area contributed by atoms with Gasteiger partial charge in [-0.3, -0.25) is 0 Å². The van der Waals surface area contributed by atoms with Crippen molar-refractivity contribution in [2.75, 3.05) is 18.5 Å². The van der Waals surface area contributed by atoms with Gasteiger partial charge in [0.1, 0.15) is 5.82 Å². The van der Waals surface area contributed by atoms with E-state index in [1.807, 2.05) is 29.6 Å². The molecule has 22 heavy (non-hydrogen) atoms. The summed E-state index contributed by atoms with van der Waals surface area (Å²) in [4.78, 5) is 10.5. The number of hydrogen-bond donors (Lipinski definition) is 1. The molecular formula is C17H17N3OS. The molecule has 0 bridgehead atoms. The van der Waals surface area contributed by atoms with Gasteiger partial charge < -0.3 is 10.1 Å². The molecule has 1 atom stereocenters. The van der Waals surface area contributed by atoms with E-state index in [2.05, 4.69) is 22.4 Å². The molecule has 112 valence electrons. The van der Waals surface area contributed by atoms with E-state index in [0.717, 1.165) is 53.4 Å². The minimum absolute atomic E-state index is 0.291. The van der Waals surface area contributed by atoms with Crippen LogP contribution in [-0.4, -0.2) is 29.2 Å². The number of hydrogen-bond acceptors (Lipinski definition) is 5. The van der Waals surface area contributed by atoms with E-state index < -0.39 is 0 Å². The van der Waals surface area contributed by atoms with Crippen LogP contribution in [0.25, 0.3) is 21.6 Å². The number of rotatable bonds is 4. The lowest BCUT2D eigenvalue weighted by molar-refractivity contribution is 0.120. The predicted molar refractivity (Wildman–Crippen MR) is 90.3 cm³/mol. The Balaban J connectivity index is 1.70. The zero-order chi connectivity index (χ0) is 14.8. The van der Waals surface area contributed by atoms with Crippen LogP contribution in [0.2, 0.25) is 0 Å². The Bertz CT molecular complexity index is 767. The molecule has 1 saturated heterocycles. The first-order chi connectivity index (χ1) is 10.9. The molecule has 0 amide bonds. The van der Waals surface area contributed by atoms with Crippen LogP contribution in [0, 0.1) is 0 Å². The molecule has 1 aromatic carbocycles. The third kappa shape index (κ3) is 2.69. The monoisotopic (exact) mass is 311 g/mol. The number of fused-ring (bicyclic) bond motifs is 1. The zero-order valence-electron chi connectivity index (χ0n) is 12.2. The van der Waals surface area contributed by atoms with E-state index in [9.17, 15) is 0 Å². The number of aromatic nitrogens is 2. The van der Waals surface area contributed by atoms with Gasteiger partial charge in [-0.2, -0.15) is 0 Å². The molecule has 0 spiro atoms. The number of para-hydroxylation sites is 1. The van der Waals surface area contributed by atoms with Crippen molar-refractivity contribution in [2.24, 2.45) is 0 Å². The van der Waals surface area contributed by atoms with E-state index in [4.69, 9.17) is 9.72 Å². The lowest BCUT2D eigenvalue weighted by Gasteiger charge is -2.13. The minimum atomic E-state index is 0.291. The van der Waals surface area contributed by atoms with Gasteiger partial charge >= 0.3 is 0 Å². The summed E-state index contributed by atoms with van der Waals surface area (Å²) in [6, 6.07) is 12.2. The Morgan fingerprint density at radius 2 is 2.14 bits per heavy atom. The van der Waals surface area contributed by atoms with Gasteiger partial charge in [0.15, 0.2) is 5.82 Å². The molecule has 0 saturated carbocycles. The highest BCUT2D eigenvalue weighted by atomic mass is 32.1. The first-order valence-electron chi connectivity index (χ1n) is 7.56. The van der Waals surface area contributed by atoms with Crippen molar-refractivity contribution in [1.29, 1.82) is 0 Å². The summed E-state index contributed by atoms with van der Waals surface area (Å²) in [6.45, 7) is 1.67. The third-order valence-corrected chi connectivity index (χ3v) is 4.73. The maximum absolute atomic E-state index is 5.69. The first-order valence-corrected chi connectivity index (χ1v) is 8.44. The van der Waals surface area contributed by atoms with Gasteiger partial charge in [0, 0.05) is 18.5 Å². The first kappa shape index (κ1) is 13.7. The minimum Gasteiger partial charge on any atom is -0.376 e. The SMILES string of the molecule is c1csc(-c2nc(NC[C@@H]3CCCO3)c3ccccc3n2)c1. The van der Waals surface area contributed by atoms with Crippen LogP contribution in [0.5, 0.6) is 0 Å². The molecule has 0 unspecified atom stereocenters. The highest BCUT2D eigenvalue weighted by molar-refractivity contribution is 7.13. The fourth-order valence-corrected chi connectivity index (χ4v) is 3.40. The molecule has 1 N–H and O–H groups in total. The van der Waals surface area contributed by atoms with E-state index in [1.54, 1.807) is 11.3 Å². The van der Waals surface area contributed by atoms with Crippen molar-refractivity contribution in [3.8, 4) is 10.7 Å². The van der Waals surface area contributed by atoms with Gasteiger partial charge in [-0.05, 0) is 36.4 Å². The van der Waals surface area contributed by atoms with Gasteiger partial charge in [-0.25, -0.2) is 9.97 Å². The summed E-state index contributed by atoms with van der Waals surface area (Å²) in [5.74, 6) is 1.67. The maximum atomic E-state index is 5.69. The molecule has 1 aliphatic heterocycles. The molecule has 2 aromatic heterocycles. The highest BCUT2D eigenvalue weighted by Gasteiger charge is 2.16. The number of anilines is 1. The molecule has 3 heterocycles. The van der Waals surface area contributed by atoms with Crippen LogP contribution >= 0.6 is 11.3 Å². The Kier molecular flexibility index (Phi) is 3.74. The summed E-state index contributed by atoms with van der Waals surface area (Å²) >= 11 is 1.66. The van der Waals surface area contributed by atoms with Gasteiger partial charge in [-0.15, -0.1) is 11.3 Å². The second-order valence-electron chi connectivity index (χ2n) is 5.41. The van der Waals surface area contributed by atoms with E-state index in [0.29, 0.717) is 6.10 Å². The van der Waals surface area contributed by atoms with Crippen molar-refractivity contribution in [3.05, 3.63) is 41.8 Å². The highest BCUT2D eigenvalue weighted by Crippen LogP contribution is 2.27. The summed E-state index contributed by atoms with van der Waals surface area (Å²) in [5, 5.41) is 6.57. The van der Waals surface area contributed by atoms with Crippen molar-refractivity contribution in [2.45, 2.75) is 18.9 Å². The standard InChI is InChI=1S/C17H17N3OS/c1-2-7-14-13(6-1)16(18-11-12-5-3-9-21-12)20-17(19-14)15-8-4-10-22-15/h1-2,4,6-8,10,12H,3,5,9,11H2,(H,18,19,20)/t12-/m0/s1. The van der Waals surface area contributed by atoms with Gasteiger partial charge in [-0.1, -0.05) is 18.2 Å². The molecule has 4 rings (SSSR count). The summed E-state index contributed by atoms with van der Waals surface area (Å²) in [6.07, 6.45) is 2.56. The molecule has 1 fully saturated rings. The topological polar surface area (TPSA) is 47.0 Å². The number of thiophene rings is 1. The van der Waals surface area contributed by atoms with Gasteiger partial charge in [0.25, 0.3) is 0 Å². The van der Waals surface area contributed by atoms with Crippen LogP contribution in [0.1, 0.15) is 12.8 Å². The van der Waals surface area contributed by atoms with Crippen LogP contribution in [0.15, 0.2) is 41.8 Å². The Morgan fingerprint density at radius 3 is 2.95 bits per heavy atom. The fourth-order valence-electron chi connectivity index (χ4n) is 2.74. The molecule has 0 radical (unpaired) electrons. The quantitative estimate of drug-likeness (QED) is 0.792. The number of ether oxygens (including phenoxy) is 1. The second kappa shape index (κ2) is 6.02. The lowest BCUT2D eigenvalue weighted by Crippen LogP contribution is -2.19. The molecule has 3 aromatic rings. The predicted octanol–water partition coefficient (Wildman–Crippen LogP) is 3.95. The Hall–Kier alpha value is -1.98. The molecule has 1 aliphatic rings. The van der Waals surface area contributed by atoms with E-state index >= 15 is 0 Å². The van der Waals surface area contributed by atoms with Crippen molar-refractivity contribution >= 4 is 28.1 Å². The molecule has 0 aliphatic carbocycles. The Labute approximate surface area is 133 Å². The van der Waals surface area contributed by atoms with Crippen molar-refractivity contribution in [1.82, 2.24) is 9.97 Å². The smallest absolute Gasteiger partial charge is 0.172 e. The normalized spacial score (nSPS) is 17.9. The summed E-state index contributed by atoms with van der Waals surface area (Å²) in [5.41, 5.74) is 0.968. The van der Waals surface area contributed by atoms with Gasteiger partial charge in [0.05, 0.1) is 16.5 Å². The van der Waals surface area contributed by atoms with E-state index in [-0.39, 0.29) is 0 Å². The largest absolute Gasteiger partial charge is 0.376 e. The second-order valence-corrected chi connectivity index (χ2v) is 6.35. The third-order valence-electron chi connectivity index (χ3n) is 3.87. The number of nitrogens with one attached hydrogen (secondary N) is 1. The van der Waals surface area contributed by atoms with Crippen LogP contribution in [0.4, 0.5) is 5.82 Å². The lowest BCUT2D eigenvalue weighted by atomic mass is 10.2. The molecule has 5 heteroatoms. The average molecular weight is 311 g/mol. The molecular weight excluding hydrogens is 294 g/mol. The Morgan fingerprint density at radius 1 is 1.18 bits per heavy atom. The van der Waals surface area contributed by atoms with Crippen LogP contribution in [0.3, 0.4) is 0 Å². The molecule has 4 nitrogen and oxygen atoms in total. The van der Waals surface area contributed by atoms with Crippen molar-refractivity contribution in [3.63, 3.8) is 0 Å². The van der Waals surface area contributed by atoms with Crippen LogP contribution < -0.4 is 5.32 Å². The summed E-state index contributed by atoms with van der Waals surface area (Å²) < 4.78 is 5.69. The van der Waals surface area contributed by atoms with E-state index in [1.165, 1.54) is 0 Å². The van der Waals surface area contributed by atoms with Gasteiger partial charge in [0.2, 0.25) is 0 Å². The zero-order valence-corrected chi connectivity index (χ0v) is 13.0. The van der Waals surface area contributed by atoms with Crippen molar-refractivity contribution < 1.29 is 4.74 Å². The average Bonchev–Trinajstić information content (AvgIpc) is 3.25. The fraction of sp³-hybridized carbons (Fsp3) is 0.294.